The Balaban J connectivity index is 1.30. The van der Waals surface area contributed by atoms with Crippen LogP contribution in [0.15, 0.2) is 60.8 Å². The van der Waals surface area contributed by atoms with E-state index >= 15 is 4.39 Å². The maximum Gasteiger partial charge on any atom is 0.308 e. The highest BCUT2D eigenvalue weighted by Gasteiger charge is 2.34. The number of alkyl halides is 1. The maximum absolute atomic E-state index is 15.4. The molecule has 3 aromatic rings. The fourth-order valence-corrected chi connectivity index (χ4v) is 5.27. The zero-order valence-corrected chi connectivity index (χ0v) is 20.4. The van der Waals surface area contributed by atoms with Crippen molar-refractivity contribution in [3.63, 3.8) is 0 Å². The third-order valence-corrected chi connectivity index (χ3v) is 7.30. The Morgan fingerprint density at radius 3 is 2.80 bits per heavy atom. The van der Waals surface area contributed by atoms with Crippen molar-refractivity contribution < 1.29 is 19.0 Å². The van der Waals surface area contributed by atoms with Crippen molar-refractivity contribution >= 4 is 16.9 Å². The number of piperidine rings is 1. The number of unbranched alkanes of at least 4 members (excludes halogenated alkanes) is 1. The van der Waals surface area contributed by atoms with Crippen LogP contribution in [0.2, 0.25) is 0 Å². The molecule has 1 fully saturated rings. The van der Waals surface area contributed by atoms with Crippen LogP contribution in [-0.2, 0) is 11.2 Å². The summed E-state index contributed by atoms with van der Waals surface area (Å²) >= 11 is 0. The van der Waals surface area contributed by atoms with Crippen LogP contribution < -0.4 is 4.74 Å². The summed E-state index contributed by atoms with van der Waals surface area (Å²) in [5, 5.41) is 10.6. The van der Waals surface area contributed by atoms with Gasteiger partial charge in [-0.1, -0.05) is 30.3 Å². The lowest BCUT2D eigenvalue weighted by molar-refractivity contribution is -0.146. The molecule has 0 unspecified atom stereocenters. The summed E-state index contributed by atoms with van der Waals surface area (Å²) in [7, 11) is 1.59. The fraction of sp³-hybridized carbons (Fsp3) is 0.448. The predicted molar refractivity (Wildman–Crippen MR) is 136 cm³/mol. The molecule has 5 nitrogen and oxygen atoms in total. The Morgan fingerprint density at radius 1 is 1.20 bits per heavy atom. The van der Waals surface area contributed by atoms with Gasteiger partial charge in [-0.25, -0.2) is 4.39 Å². The second-order valence-corrected chi connectivity index (χ2v) is 9.56. The third kappa shape index (κ3) is 6.57. The topological polar surface area (TPSA) is 62.7 Å². The Kier molecular flexibility index (Phi) is 8.69. The van der Waals surface area contributed by atoms with Crippen molar-refractivity contribution in [1.82, 2.24) is 9.88 Å². The van der Waals surface area contributed by atoms with Crippen molar-refractivity contribution in [3.05, 3.63) is 71.9 Å². The number of carboxylic acid groups (broad SMARTS) is 1. The molecule has 2 heterocycles. The van der Waals surface area contributed by atoms with Crippen molar-refractivity contribution in [3.8, 4) is 5.75 Å². The number of nitrogens with zero attached hydrogens (tertiary/aromatic N) is 2. The van der Waals surface area contributed by atoms with E-state index in [0.29, 0.717) is 30.7 Å². The molecule has 6 heteroatoms. The number of likely N-dealkylation sites (tertiary alicyclic amines) is 1. The van der Waals surface area contributed by atoms with Gasteiger partial charge in [0, 0.05) is 18.1 Å². The minimum absolute atomic E-state index is 0.00560. The van der Waals surface area contributed by atoms with E-state index < -0.39 is 18.1 Å². The number of aliphatic carboxylic acids is 1. The van der Waals surface area contributed by atoms with Gasteiger partial charge in [0.15, 0.2) is 0 Å². The minimum atomic E-state index is -1.17. The summed E-state index contributed by atoms with van der Waals surface area (Å²) in [6.07, 6.45) is 5.33. The van der Waals surface area contributed by atoms with E-state index in [1.807, 2.05) is 24.3 Å². The van der Waals surface area contributed by atoms with Gasteiger partial charge >= 0.3 is 5.97 Å². The second kappa shape index (κ2) is 12.1. The summed E-state index contributed by atoms with van der Waals surface area (Å²) in [4.78, 5) is 18.7. The summed E-state index contributed by atoms with van der Waals surface area (Å²) in [5.41, 5.74) is 2.67. The molecule has 1 N–H and O–H groups in total. The van der Waals surface area contributed by atoms with Gasteiger partial charge in [-0.15, -0.1) is 0 Å². The number of aromatic nitrogens is 1. The molecular formula is C29H35FN2O3. The predicted octanol–water partition coefficient (Wildman–Crippen LogP) is 6.08. The first-order valence-corrected chi connectivity index (χ1v) is 12.6. The van der Waals surface area contributed by atoms with Gasteiger partial charge in [0.05, 0.1) is 18.5 Å². The van der Waals surface area contributed by atoms with Gasteiger partial charge in [-0.05, 0) is 92.9 Å². The first-order chi connectivity index (χ1) is 17.0. The van der Waals surface area contributed by atoms with Gasteiger partial charge in [0.2, 0.25) is 0 Å². The molecule has 0 spiro atoms. The lowest BCUT2D eigenvalue weighted by Gasteiger charge is -2.37. The van der Waals surface area contributed by atoms with Gasteiger partial charge in [0.1, 0.15) is 11.9 Å². The van der Waals surface area contributed by atoms with Crippen LogP contribution in [0.25, 0.3) is 10.9 Å². The average molecular weight is 479 g/mol. The molecule has 0 aliphatic carbocycles. The quantitative estimate of drug-likeness (QED) is 0.339. The molecule has 4 rings (SSSR count). The summed E-state index contributed by atoms with van der Waals surface area (Å²) < 4.78 is 20.7. The first kappa shape index (κ1) is 25.1. The fourth-order valence-electron chi connectivity index (χ4n) is 5.27. The molecule has 1 saturated heterocycles. The van der Waals surface area contributed by atoms with Gasteiger partial charge in [0.25, 0.3) is 0 Å². The van der Waals surface area contributed by atoms with Crippen LogP contribution in [0.3, 0.4) is 0 Å². The molecule has 0 amide bonds. The van der Waals surface area contributed by atoms with Crippen molar-refractivity contribution in [2.24, 2.45) is 11.8 Å². The van der Waals surface area contributed by atoms with Crippen LogP contribution >= 0.6 is 0 Å². The molecule has 0 radical (unpaired) electrons. The van der Waals surface area contributed by atoms with Crippen LogP contribution in [0.5, 0.6) is 5.75 Å². The highest BCUT2D eigenvalue weighted by molar-refractivity contribution is 5.83. The highest BCUT2D eigenvalue weighted by atomic mass is 19.1. The molecule has 1 aliphatic heterocycles. The second-order valence-electron chi connectivity index (χ2n) is 9.56. The largest absolute Gasteiger partial charge is 0.497 e. The third-order valence-electron chi connectivity index (χ3n) is 7.30. The smallest absolute Gasteiger partial charge is 0.308 e. The average Bonchev–Trinajstić information content (AvgIpc) is 2.89. The monoisotopic (exact) mass is 478 g/mol. The van der Waals surface area contributed by atoms with Crippen LogP contribution in [0, 0.1) is 11.8 Å². The molecule has 1 aromatic heterocycles. The Bertz CT molecular complexity index is 1110. The molecule has 0 saturated carbocycles. The van der Waals surface area contributed by atoms with Crippen LogP contribution in [0.4, 0.5) is 4.39 Å². The van der Waals surface area contributed by atoms with E-state index in [2.05, 4.69) is 34.1 Å². The lowest BCUT2D eigenvalue weighted by atomic mass is 9.81. The minimum Gasteiger partial charge on any atom is -0.497 e. The van der Waals surface area contributed by atoms with Crippen molar-refractivity contribution in [2.75, 3.05) is 26.7 Å². The van der Waals surface area contributed by atoms with Gasteiger partial charge in [-0.3, -0.25) is 9.78 Å². The number of aryl methyl sites for hydroxylation is 1. The van der Waals surface area contributed by atoms with E-state index in [1.54, 1.807) is 19.4 Å². The number of pyridine rings is 1. The number of ether oxygens (including phenoxy) is 1. The first-order valence-electron chi connectivity index (χ1n) is 12.6. The van der Waals surface area contributed by atoms with E-state index in [-0.39, 0.29) is 5.92 Å². The van der Waals surface area contributed by atoms with Gasteiger partial charge < -0.3 is 14.7 Å². The summed E-state index contributed by atoms with van der Waals surface area (Å²) in [6.45, 7) is 2.35. The summed E-state index contributed by atoms with van der Waals surface area (Å²) in [5.74, 6) is -0.548. The SMILES string of the molecule is COc1ccc2nccc([C@H](F)CC[C@@H]3CCN(CCCCc4ccccc4)C[C@@H]3C(=O)O)c2c1. The number of hydrogen-bond donors (Lipinski definition) is 1. The molecular weight excluding hydrogens is 443 g/mol. The number of carboxylic acids is 1. The molecule has 186 valence electrons. The molecule has 1 aliphatic rings. The molecule has 3 atom stereocenters. The van der Waals surface area contributed by atoms with E-state index in [4.69, 9.17) is 4.74 Å². The number of rotatable bonds is 11. The van der Waals surface area contributed by atoms with E-state index in [9.17, 15) is 9.90 Å². The standard InChI is InChI=1S/C29H35FN2O3/c1-35-23-11-13-28-25(19-23)24(14-16-31-28)27(30)12-10-22-15-18-32(20-26(22)29(33)34)17-6-5-9-21-7-3-2-4-8-21/h2-4,7-8,11,13-14,16,19,22,26-27H,5-6,9-10,12,15,17-18,20H2,1H3,(H,33,34)/t22-,26+,27-/m1/s1. The number of fused-ring (bicyclic) bond motifs is 1. The Morgan fingerprint density at radius 2 is 2.03 bits per heavy atom. The lowest BCUT2D eigenvalue weighted by Crippen LogP contribution is -2.44. The van der Waals surface area contributed by atoms with Crippen molar-refractivity contribution in [1.29, 1.82) is 0 Å². The summed E-state index contributed by atoms with van der Waals surface area (Å²) in [6, 6.07) is 17.6. The zero-order chi connectivity index (χ0) is 24.6. The Labute approximate surface area is 206 Å². The molecule has 35 heavy (non-hydrogen) atoms. The van der Waals surface area contributed by atoms with Crippen molar-refractivity contribution in [2.45, 2.75) is 44.7 Å². The van der Waals surface area contributed by atoms with Gasteiger partial charge in [-0.2, -0.15) is 0 Å². The number of hydrogen-bond acceptors (Lipinski definition) is 4. The van der Waals surface area contributed by atoms with E-state index in [1.165, 1.54) is 5.56 Å². The number of halogens is 1. The zero-order valence-electron chi connectivity index (χ0n) is 20.4. The number of methoxy groups -OCH3 is 1. The van der Waals surface area contributed by atoms with Crippen LogP contribution in [0.1, 0.15) is 49.4 Å². The highest BCUT2D eigenvalue weighted by Crippen LogP contribution is 2.35. The number of benzene rings is 2. The van der Waals surface area contributed by atoms with E-state index in [0.717, 1.165) is 49.7 Å². The van der Waals surface area contributed by atoms with Crippen LogP contribution in [-0.4, -0.2) is 47.7 Å². The molecule has 0 bridgehead atoms. The Hall–Kier alpha value is -2.99. The number of carbonyl (C=O) groups is 1. The normalized spacial score (nSPS) is 19.5. The maximum atomic E-state index is 15.4. The molecule has 2 aromatic carbocycles.